The second kappa shape index (κ2) is 7.37. The Bertz CT molecular complexity index is 1480. The topological polar surface area (TPSA) is 89.4 Å². The van der Waals surface area contributed by atoms with Crippen LogP contribution in [0.1, 0.15) is 53.3 Å². The molecular formula is C24H20F4N6O. The molecule has 7 nitrogen and oxygen atoms in total. The molecule has 1 spiro atoms. The number of nitrogens with zero attached hydrogens (tertiary/aromatic N) is 5. The van der Waals surface area contributed by atoms with Crippen molar-refractivity contribution in [2.45, 2.75) is 37.9 Å². The summed E-state index contributed by atoms with van der Waals surface area (Å²) in [6.07, 6.45) is 2.66. The molecule has 4 heterocycles. The largest absolute Gasteiger partial charge is 0.417 e. The number of nitrogens with two attached hydrogens (primary N) is 1. The normalized spacial score (nSPS) is 19.5. The number of halogens is 4. The van der Waals surface area contributed by atoms with Gasteiger partial charge in [0, 0.05) is 18.8 Å². The second-order valence-electron chi connectivity index (χ2n) is 9.40. The number of aromatic nitrogens is 4. The monoisotopic (exact) mass is 484 g/mol. The van der Waals surface area contributed by atoms with E-state index in [4.69, 9.17) is 5.73 Å². The Labute approximate surface area is 196 Å². The molecular weight excluding hydrogens is 464 g/mol. The molecule has 4 aromatic rings. The quantitative estimate of drug-likeness (QED) is 0.414. The van der Waals surface area contributed by atoms with Gasteiger partial charge in [-0.25, -0.2) is 14.4 Å². The Morgan fingerprint density at radius 3 is 2.60 bits per heavy atom. The van der Waals surface area contributed by atoms with Gasteiger partial charge in [-0.3, -0.25) is 14.2 Å². The van der Waals surface area contributed by atoms with Crippen LogP contribution in [0.3, 0.4) is 0 Å². The van der Waals surface area contributed by atoms with Crippen LogP contribution in [0, 0.1) is 11.2 Å². The minimum absolute atomic E-state index is 0.0676. The van der Waals surface area contributed by atoms with Crippen LogP contribution in [0.2, 0.25) is 0 Å². The zero-order valence-electron chi connectivity index (χ0n) is 18.4. The number of fused-ring (bicyclic) bond motifs is 3. The molecule has 0 radical (unpaired) electrons. The molecule has 1 amide bonds. The summed E-state index contributed by atoms with van der Waals surface area (Å²) in [4.78, 5) is 27.5. The predicted octanol–water partition coefficient (Wildman–Crippen LogP) is 4.78. The van der Waals surface area contributed by atoms with Crippen molar-refractivity contribution in [2.24, 2.45) is 5.41 Å². The lowest BCUT2D eigenvalue weighted by Gasteiger charge is -2.40. The molecule has 1 saturated heterocycles. The first-order chi connectivity index (χ1) is 16.7. The third kappa shape index (κ3) is 3.57. The molecule has 2 aliphatic rings. The fourth-order valence-electron chi connectivity index (χ4n) is 5.06. The lowest BCUT2D eigenvalue weighted by molar-refractivity contribution is -0.137. The molecule has 1 aromatic carbocycles. The van der Waals surface area contributed by atoms with Crippen LogP contribution in [0.4, 0.5) is 23.4 Å². The van der Waals surface area contributed by atoms with Gasteiger partial charge in [-0.15, -0.1) is 0 Å². The van der Waals surface area contributed by atoms with Gasteiger partial charge in [-0.1, -0.05) is 0 Å². The van der Waals surface area contributed by atoms with Crippen LogP contribution >= 0.6 is 0 Å². The summed E-state index contributed by atoms with van der Waals surface area (Å²) in [5.74, 6) is -1.11. The molecule has 1 atom stereocenters. The number of imidazole rings is 1. The van der Waals surface area contributed by atoms with E-state index >= 15 is 4.39 Å². The van der Waals surface area contributed by atoms with E-state index in [2.05, 4.69) is 15.0 Å². The highest BCUT2D eigenvalue weighted by molar-refractivity contribution is 5.98. The second-order valence-corrected chi connectivity index (χ2v) is 9.40. The van der Waals surface area contributed by atoms with Gasteiger partial charge in [0.05, 0.1) is 46.4 Å². The minimum atomic E-state index is -4.50. The Kier molecular flexibility index (Phi) is 4.58. The number of hydrogen-bond donors (Lipinski definition) is 1. The smallest absolute Gasteiger partial charge is 0.382 e. The van der Waals surface area contributed by atoms with Crippen molar-refractivity contribution in [1.82, 2.24) is 24.3 Å². The Morgan fingerprint density at radius 1 is 1.11 bits per heavy atom. The van der Waals surface area contributed by atoms with Crippen LogP contribution in [0.15, 0.2) is 43.0 Å². The van der Waals surface area contributed by atoms with Crippen LogP contribution < -0.4 is 5.73 Å². The fraction of sp³-hybridized carbons (Fsp3) is 0.333. The van der Waals surface area contributed by atoms with Crippen LogP contribution in [-0.4, -0.2) is 36.7 Å². The first-order valence-corrected chi connectivity index (χ1v) is 11.2. The number of hydrogen-bond acceptors (Lipinski definition) is 5. The van der Waals surface area contributed by atoms with E-state index in [0.29, 0.717) is 29.7 Å². The molecule has 35 heavy (non-hydrogen) atoms. The molecule has 3 aromatic heterocycles. The Morgan fingerprint density at radius 2 is 1.91 bits per heavy atom. The third-order valence-corrected chi connectivity index (χ3v) is 7.25. The first kappa shape index (κ1) is 21.8. The number of anilines is 1. The van der Waals surface area contributed by atoms with Crippen molar-refractivity contribution in [1.29, 1.82) is 0 Å². The minimum Gasteiger partial charge on any atom is -0.382 e. The summed E-state index contributed by atoms with van der Waals surface area (Å²) in [5, 5.41) is 0. The molecule has 180 valence electrons. The molecule has 6 rings (SSSR count). The highest BCUT2D eigenvalue weighted by atomic mass is 19.4. The van der Waals surface area contributed by atoms with Crippen LogP contribution in [0.5, 0.6) is 0 Å². The number of alkyl halides is 3. The van der Waals surface area contributed by atoms with Gasteiger partial charge >= 0.3 is 6.18 Å². The Hall–Kier alpha value is -3.76. The van der Waals surface area contributed by atoms with Gasteiger partial charge in [0.15, 0.2) is 0 Å². The van der Waals surface area contributed by atoms with Crippen molar-refractivity contribution in [3.63, 3.8) is 0 Å². The molecule has 1 aliphatic carbocycles. The van der Waals surface area contributed by atoms with E-state index in [9.17, 15) is 18.0 Å². The average molecular weight is 484 g/mol. The number of nitrogen functional groups attached to an aromatic ring is 1. The summed E-state index contributed by atoms with van der Waals surface area (Å²) in [5.41, 5.74) is 6.64. The SMILES string of the molecule is Nc1nc2cc(F)c(C(=O)N3CCC4(CC4)CC3c3ccc(C(F)(F)F)cn3)cc2n2cncc12. The Balaban J connectivity index is 1.41. The summed E-state index contributed by atoms with van der Waals surface area (Å²) >= 11 is 0. The van der Waals surface area contributed by atoms with Gasteiger partial charge in [0.2, 0.25) is 0 Å². The molecule has 0 bridgehead atoms. The number of carbonyl (C=O) groups excluding carboxylic acids is 1. The lowest BCUT2D eigenvalue weighted by Crippen LogP contribution is -2.42. The van der Waals surface area contributed by atoms with Crippen molar-refractivity contribution >= 4 is 28.3 Å². The maximum atomic E-state index is 15.2. The van der Waals surface area contributed by atoms with Crippen molar-refractivity contribution in [2.75, 3.05) is 12.3 Å². The van der Waals surface area contributed by atoms with Crippen LogP contribution in [0.25, 0.3) is 16.6 Å². The number of benzene rings is 1. The highest BCUT2D eigenvalue weighted by Gasteiger charge is 2.50. The zero-order chi connectivity index (χ0) is 24.5. The van der Waals surface area contributed by atoms with Crippen molar-refractivity contribution in [3.8, 4) is 0 Å². The van der Waals surface area contributed by atoms with E-state index in [-0.39, 0.29) is 22.3 Å². The maximum absolute atomic E-state index is 15.2. The fourth-order valence-corrected chi connectivity index (χ4v) is 5.06. The van der Waals surface area contributed by atoms with E-state index < -0.39 is 29.5 Å². The zero-order valence-corrected chi connectivity index (χ0v) is 18.4. The standard InChI is InChI=1S/C24H20F4N6O/c25-15-8-17-18(34-12-30-11-20(34)21(29)32-17)7-14(15)22(35)33-6-5-23(3-4-23)9-19(33)16-2-1-13(10-31-16)24(26,27)28/h1-2,7-8,10-12,19H,3-6,9H2,(H2,29,32). The van der Waals surface area contributed by atoms with Crippen molar-refractivity contribution < 1.29 is 22.4 Å². The summed E-state index contributed by atoms with van der Waals surface area (Å²) < 4.78 is 55.9. The first-order valence-electron chi connectivity index (χ1n) is 11.2. The maximum Gasteiger partial charge on any atom is 0.417 e. The summed E-state index contributed by atoms with van der Waals surface area (Å²) in [7, 11) is 0. The third-order valence-electron chi connectivity index (χ3n) is 7.25. The highest BCUT2D eigenvalue weighted by Crippen LogP contribution is 2.58. The number of rotatable bonds is 2. The number of amides is 1. The summed E-state index contributed by atoms with van der Waals surface area (Å²) in [6.45, 7) is 0.365. The van der Waals surface area contributed by atoms with Gasteiger partial charge in [0.25, 0.3) is 5.91 Å². The molecule has 1 saturated carbocycles. The average Bonchev–Trinajstić information content (AvgIpc) is 3.37. The number of carbonyl (C=O) groups is 1. The van der Waals surface area contributed by atoms with Gasteiger partial charge < -0.3 is 10.6 Å². The lowest BCUT2D eigenvalue weighted by atomic mass is 9.85. The number of pyridine rings is 1. The molecule has 2 fully saturated rings. The molecule has 1 unspecified atom stereocenters. The van der Waals surface area contributed by atoms with Gasteiger partial charge in [0.1, 0.15) is 17.2 Å². The number of piperidine rings is 1. The van der Waals surface area contributed by atoms with E-state index in [1.54, 1.807) is 4.40 Å². The van der Waals surface area contributed by atoms with Crippen LogP contribution in [-0.2, 0) is 6.18 Å². The molecule has 1 aliphatic heterocycles. The molecule has 11 heteroatoms. The van der Waals surface area contributed by atoms with Gasteiger partial charge in [-0.2, -0.15) is 13.2 Å². The van der Waals surface area contributed by atoms with Gasteiger partial charge in [-0.05, 0) is 49.3 Å². The van der Waals surface area contributed by atoms with E-state index in [1.165, 1.54) is 29.6 Å². The summed E-state index contributed by atoms with van der Waals surface area (Å²) in [6, 6.07) is 4.33. The molecule has 2 N–H and O–H groups in total. The predicted molar refractivity (Wildman–Crippen MR) is 119 cm³/mol. The number of likely N-dealkylation sites (tertiary alicyclic amines) is 1. The van der Waals surface area contributed by atoms with E-state index in [0.717, 1.165) is 37.6 Å². The van der Waals surface area contributed by atoms with Crippen molar-refractivity contribution in [3.05, 3.63) is 65.6 Å². The van der Waals surface area contributed by atoms with E-state index in [1.807, 2.05) is 0 Å².